The third-order valence-corrected chi connectivity index (χ3v) is 6.13. The van der Waals surface area contributed by atoms with Gasteiger partial charge in [0.25, 0.3) is 0 Å². The highest BCUT2D eigenvalue weighted by Gasteiger charge is 2.31. The molecule has 5 nitrogen and oxygen atoms in total. The first-order chi connectivity index (χ1) is 9.46. The number of aliphatic hydroxyl groups is 1. The van der Waals surface area contributed by atoms with Gasteiger partial charge in [0.05, 0.1) is 22.6 Å². The average molecular weight is 319 g/mol. The summed E-state index contributed by atoms with van der Waals surface area (Å²) in [7, 11) is -3.40. The van der Waals surface area contributed by atoms with Crippen LogP contribution in [0.25, 0.3) is 0 Å². The molecule has 1 fully saturated rings. The van der Waals surface area contributed by atoms with Gasteiger partial charge >= 0.3 is 0 Å². The smallest absolute Gasteiger partial charge is 0.219 e. The highest BCUT2D eigenvalue weighted by molar-refractivity contribution is 7.89. The second-order valence-corrected chi connectivity index (χ2v) is 7.63. The molecule has 0 aliphatic carbocycles. The zero-order chi connectivity index (χ0) is 14.8. The van der Waals surface area contributed by atoms with Gasteiger partial charge in [0.1, 0.15) is 0 Å². The van der Waals surface area contributed by atoms with Crippen LogP contribution in [0, 0.1) is 0 Å². The van der Waals surface area contributed by atoms with Crippen LogP contribution < -0.4 is 4.90 Å². The zero-order valence-corrected chi connectivity index (χ0v) is 12.9. The summed E-state index contributed by atoms with van der Waals surface area (Å²) >= 11 is 6.15. The number of piperazine rings is 1. The number of rotatable bonds is 4. The van der Waals surface area contributed by atoms with Gasteiger partial charge in [-0.25, -0.2) is 8.42 Å². The Kier molecular flexibility index (Phi) is 4.90. The fraction of sp³-hybridized carbons (Fsp3) is 0.538. The first-order valence-corrected chi connectivity index (χ1v) is 8.44. The SMILES string of the molecule is CC(CO)S(=O)(=O)N1CCN(c2ccccc2Cl)CC1. The minimum Gasteiger partial charge on any atom is -0.395 e. The van der Waals surface area contributed by atoms with Gasteiger partial charge in [0.2, 0.25) is 10.0 Å². The standard InChI is InChI=1S/C13H19ClN2O3S/c1-11(10-17)20(18,19)16-8-6-15(7-9-16)13-5-3-2-4-12(13)14/h2-5,11,17H,6-10H2,1H3. The van der Waals surface area contributed by atoms with Crippen molar-refractivity contribution in [2.24, 2.45) is 0 Å². The first-order valence-electron chi connectivity index (χ1n) is 6.56. The maximum Gasteiger partial charge on any atom is 0.219 e. The first kappa shape index (κ1) is 15.6. The lowest BCUT2D eigenvalue weighted by molar-refractivity contribution is 0.287. The summed E-state index contributed by atoms with van der Waals surface area (Å²) < 4.78 is 25.7. The molecule has 0 spiro atoms. The van der Waals surface area contributed by atoms with Crippen molar-refractivity contribution in [3.8, 4) is 0 Å². The Morgan fingerprint density at radius 3 is 2.40 bits per heavy atom. The van der Waals surface area contributed by atoms with Crippen molar-refractivity contribution in [3.05, 3.63) is 29.3 Å². The number of para-hydroxylation sites is 1. The van der Waals surface area contributed by atoms with Gasteiger partial charge in [-0.3, -0.25) is 0 Å². The molecule has 7 heteroatoms. The van der Waals surface area contributed by atoms with E-state index in [-0.39, 0.29) is 6.61 Å². The van der Waals surface area contributed by atoms with E-state index in [1.165, 1.54) is 11.2 Å². The summed E-state index contributed by atoms with van der Waals surface area (Å²) in [5.41, 5.74) is 0.932. The molecule has 1 heterocycles. The van der Waals surface area contributed by atoms with Crippen molar-refractivity contribution in [2.75, 3.05) is 37.7 Å². The molecule has 0 radical (unpaired) electrons. The van der Waals surface area contributed by atoms with Crippen molar-refractivity contribution in [2.45, 2.75) is 12.2 Å². The van der Waals surface area contributed by atoms with Crippen molar-refractivity contribution in [1.29, 1.82) is 0 Å². The van der Waals surface area contributed by atoms with E-state index >= 15 is 0 Å². The van der Waals surface area contributed by atoms with E-state index in [0.29, 0.717) is 31.2 Å². The number of halogens is 1. The number of hydrogen-bond acceptors (Lipinski definition) is 4. The molecule has 1 saturated heterocycles. The Bertz CT molecular complexity index is 556. The van der Waals surface area contributed by atoms with Crippen LogP contribution in [-0.2, 0) is 10.0 Å². The van der Waals surface area contributed by atoms with Gasteiger partial charge in [-0.05, 0) is 19.1 Å². The predicted molar refractivity (Wildman–Crippen MR) is 80.7 cm³/mol. The lowest BCUT2D eigenvalue weighted by Gasteiger charge is -2.36. The minimum atomic E-state index is -3.40. The Morgan fingerprint density at radius 2 is 1.85 bits per heavy atom. The summed E-state index contributed by atoms with van der Waals surface area (Å²) in [6, 6.07) is 7.55. The number of anilines is 1. The summed E-state index contributed by atoms with van der Waals surface area (Å²) in [6.07, 6.45) is 0. The van der Waals surface area contributed by atoms with Crippen LogP contribution in [0.4, 0.5) is 5.69 Å². The number of aliphatic hydroxyl groups excluding tert-OH is 1. The summed E-state index contributed by atoms with van der Waals surface area (Å²) in [5, 5.41) is 8.95. The molecule has 112 valence electrons. The van der Waals surface area contributed by atoms with E-state index in [1.807, 2.05) is 24.3 Å². The maximum absolute atomic E-state index is 12.1. The van der Waals surface area contributed by atoms with Crippen LogP contribution in [0.1, 0.15) is 6.92 Å². The second-order valence-electron chi connectivity index (χ2n) is 4.88. The van der Waals surface area contributed by atoms with Gasteiger partial charge in [-0.1, -0.05) is 23.7 Å². The number of nitrogens with zero attached hydrogens (tertiary/aromatic N) is 2. The largest absolute Gasteiger partial charge is 0.395 e. The van der Waals surface area contributed by atoms with E-state index < -0.39 is 15.3 Å². The number of benzene rings is 1. The highest BCUT2D eigenvalue weighted by Crippen LogP contribution is 2.26. The molecule has 1 N–H and O–H groups in total. The predicted octanol–water partition coefficient (Wildman–Crippen LogP) is 1.17. The van der Waals surface area contributed by atoms with Crippen molar-refractivity contribution < 1.29 is 13.5 Å². The van der Waals surface area contributed by atoms with Crippen LogP contribution >= 0.6 is 11.6 Å². The molecule has 1 aliphatic heterocycles. The quantitative estimate of drug-likeness (QED) is 0.905. The van der Waals surface area contributed by atoms with Gasteiger partial charge in [-0.15, -0.1) is 0 Å². The van der Waals surface area contributed by atoms with Gasteiger partial charge in [0.15, 0.2) is 0 Å². The fourth-order valence-corrected chi connectivity index (χ4v) is 3.87. The third-order valence-electron chi connectivity index (χ3n) is 3.56. The molecule has 0 bridgehead atoms. The normalized spacial score (nSPS) is 19.1. The molecule has 0 amide bonds. The maximum atomic E-state index is 12.1. The van der Waals surface area contributed by atoms with E-state index in [4.69, 9.17) is 16.7 Å². The van der Waals surface area contributed by atoms with Crippen LogP contribution in [-0.4, -0.2) is 55.9 Å². The third kappa shape index (κ3) is 3.09. The van der Waals surface area contributed by atoms with Crippen LogP contribution in [0.5, 0.6) is 0 Å². The molecular weight excluding hydrogens is 300 g/mol. The Hall–Kier alpha value is -0.820. The second kappa shape index (κ2) is 6.30. The van der Waals surface area contributed by atoms with Crippen LogP contribution in [0.2, 0.25) is 5.02 Å². The molecule has 2 rings (SSSR count). The molecular formula is C13H19ClN2O3S. The van der Waals surface area contributed by atoms with E-state index in [9.17, 15) is 8.42 Å². The number of sulfonamides is 1. The Morgan fingerprint density at radius 1 is 1.25 bits per heavy atom. The highest BCUT2D eigenvalue weighted by atomic mass is 35.5. The van der Waals surface area contributed by atoms with Crippen LogP contribution in [0.15, 0.2) is 24.3 Å². The van der Waals surface area contributed by atoms with Crippen molar-refractivity contribution in [3.63, 3.8) is 0 Å². The molecule has 1 atom stereocenters. The van der Waals surface area contributed by atoms with Crippen molar-refractivity contribution >= 4 is 27.3 Å². The van der Waals surface area contributed by atoms with E-state index in [1.54, 1.807) is 0 Å². The minimum absolute atomic E-state index is 0.354. The molecule has 20 heavy (non-hydrogen) atoms. The summed E-state index contributed by atoms with van der Waals surface area (Å²) in [5.74, 6) is 0. The number of hydrogen-bond donors (Lipinski definition) is 1. The lowest BCUT2D eigenvalue weighted by Crippen LogP contribution is -2.51. The average Bonchev–Trinajstić information content (AvgIpc) is 2.47. The summed E-state index contributed by atoms with van der Waals surface area (Å²) in [6.45, 7) is 3.20. The lowest BCUT2D eigenvalue weighted by atomic mass is 10.2. The molecule has 0 saturated carbocycles. The van der Waals surface area contributed by atoms with Gasteiger partial charge in [0, 0.05) is 26.2 Å². The molecule has 0 aromatic heterocycles. The molecule has 1 aromatic carbocycles. The Labute approximate surface area is 124 Å². The van der Waals surface area contributed by atoms with Crippen molar-refractivity contribution in [1.82, 2.24) is 4.31 Å². The van der Waals surface area contributed by atoms with Gasteiger partial charge < -0.3 is 10.0 Å². The zero-order valence-electron chi connectivity index (χ0n) is 11.4. The molecule has 1 unspecified atom stereocenters. The van der Waals surface area contributed by atoms with E-state index in [0.717, 1.165) is 5.69 Å². The summed E-state index contributed by atoms with van der Waals surface area (Å²) in [4.78, 5) is 2.08. The topological polar surface area (TPSA) is 60.9 Å². The van der Waals surface area contributed by atoms with E-state index in [2.05, 4.69) is 4.90 Å². The molecule has 1 aliphatic rings. The van der Waals surface area contributed by atoms with Crippen LogP contribution in [0.3, 0.4) is 0 Å². The monoisotopic (exact) mass is 318 g/mol. The van der Waals surface area contributed by atoms with Gasteiger partial charge in [-0.2, -0.15) is 4.31 Å². The Balaban J connectivity index is 2.05. The fourth-order valence-electron chi connectivity index (χ4n) is 2.24. The molecule has 1 aromatic rings.